The first-order valence-corrected chi connectivity index (χ1v) is 7.59. The molecular weight excluding hydrogens is 338 g/mol. The van der Waals surface area contributed by atoms with Crippen LogP contribution in [0, 0.1) is 0 Å². The van der Waals surface area contributed by atoms with Gasteiger partial charge >= 0.3 is 12.0 Å². The molecule has 0 saturated carbocycles. The van der Waals surface area contributed by atoms with E-state index in [0.29, 0.717) is 26.2 Å². The number of hydrogen-bond donors (Lipinski definition) is 2. The molecule has 2 rings (SSSR count). The highest BCUT2D eigenvalue weighted by molar-refractivity contribution is 9.10. The summed E-state index contributed by atoms with van der Waals surface area (Å²) in [7, 11) is 0. The summed E-state index contributed by atoms with van der Waals surface area (Å²) >= 11 is 3.35. The van der Waals surface area contributed by atoms with E-state index in [1.165, 1.54) is 0 Å². The highest BCUT2D eigenvalue weighted by Crippen LogP contribution is 2.15. The van der Waals surface area contributed by atoms with Gasteiger partial charge < -0.3 is 15.3 Å². The van der Waals surface area contributed by atoms with Crippen molar-refractivity contribution >= 4 is 33.6 Å². The maximum atomic E-state index is 12.2. The second-order valence-electron chi connectivity index (χ2n) is 4.95. The molecule has 0 atom stereocenters. The van der Waals surface area contributed by atoms with Gasteiger partial charge in [-0.1, -0.05) is 15.9 Å². The third kappa shape index (κ3) is 5.02. The van der Waals surface area contributed by atoms with E-state index < -0.39 is 5.97 Å². The van der Waals surface area contributed by atoms with Gasteiger partial charge in [-0.2, -0.15) is 0 Å². The third-order valence-corrected chi connectivity index (χ3v) is 3.86. The van der Waals surface area contributed by atoms with Crippen molar-refractivity contribution in [2.75, 3.05) is 38.0 Å². The predicted molar refractivity (Wildman–Crippen MR) is 83.4 cm³/mol. The number of nitrogens with one attached hydrogen (secondary N) is 1. The number of halogens is 1. The van der Waals surface area contributed by atoms with Crippen LogP contribution >= 0.6 is 15.9 Å². The molecule has 0 spiro atoms. The first-order valence-electron chi connectivity index (χ1n) is 6.80. The lowest BCUT2D eigenvalue weighted by atomic mass is 10.3. The Morgan fingerprint density at radius 2 is 1.86 bits per heavy atom. The van der Waals surface area contributed by atoms with Crippen molar-refractivity contribution in [1.29, 1.82) is 0 Å². The molecule has 0 aliphatic carbocycles. The van der Waals surface area contributed by atoms with Gasteiger partial charge in [-0.05, 0) is 30.7 Å². The van der Waals surface area contributed by atoms with E-state index in [1.54, 1.807) is 4.90 Å². The minimum absolute atomic E-state index is 0.0299. The van der Waals surface area contributed by atoms with E-state index in [0.717, 1.165) is 16.6 Å². The molecule has 114 valence electrons. The summed E-state index contributed by atoms with van der Waals surface area (Å²) in [5.74, 6) is -0.831. The second kappa shape index (κ2) is 7.42. The summed E-state index contributed by atoms with van der Waals surface area (Å²) in [5, 5.41) is 11.7. The Hall–Kier alpha value is -1.60. The van der Waals surface area contributed by atoms with Crippen molar-refractivity contribution in [2.24, 2.45) is 0 Å². The number of anilines is 1. The van der Waals surface area contributed by atoms with Gasteiger partial charge in [0.2, 0.25) is 0 Å². The Kier molecular flexibility index (Phi) is 5.58. The molecular formula is C14H18BrN3O3. The van der Waals surface area contributed by atoms with Gasteiger partial charge in [0.05, 0.1) is 6.54 Å². The van der Waals surface area contributed by atoms with Crippen LogP contribution in [-0.4, -0.2) is 59.6 Å². The molecule has 7 heteroatoms. The van der Waals surface area contributed by atoms with E-state index in [1.807, 2.05) is 29.2 Å². The molecule has 0 unspecified atom stereocenters. The summed E-state index contributed by atoms with van der Waals surface area (Å²) in [6, 6.07) is 7.25. The summed E-state index contributed by atoms with van der Waals surface area (Å²) in [4.78, 5) is 26.5. The Bertz CT molecular complexity index is 507. The number of aliphatic carboxylic acids is 1. The van der Waals surface area contributed by atoms with Crippen molar-refractivity contribution in [3.8, 4) is 0 Å². The zero-order chi connectivity index (χ0) is 15.2. The Morgan fingerprint density at radius 3 is 2.52 bits per heavy atom. The van der Waals surface area contributed by atoms with Gasteiger partial charge in [-0.25, -0.2) is 4.79 Å². The fraction of sp³-hybridized carbons (Fsp3) is 0.429. The van der Waals surface area contributed by atoms with Gasteiger partial charge in [0.25, 0.3) is 0 Å². The largest absolute Gasteiger partial charge is 0.480 e. The monoisotopic (exact) mass is 355 g/mol. The number of carbonyl (C=O) groups is 2. The molecule has 2 N–H and O–H groups in total. The molecule has 6 nitrogen and oxygen atoms in total. The molecule has 21 heavy (non-hydrogen) atoms. The van der Waals surface area contributed by atoms with Crippen molar-refractivity contribution in [1.82, 2.24) is 9.80 Å². The molecule has 1 aliphatic rings. The van der Waals surface area contributed by atoms with Crippen molar-refractivity contribution < 1.29 is 14.7 Å². The molecule has 0 radical (unpaired) electrons. The summed E-state index contributed by atoms with van der Waals surface area (Å²) in [6.45, 7) is 2.49. The van der Waals surface area contributed by atoms with Crippen LogP contribution in [0.2, 0.25) is 0 Å². The highest BCUT2D eigenvalue weighted by Gasteiger charge is 2.20. The first kappa shape index (κ1) is 15.8. The van der Waals surface area contributed by atoms with E-state index in [2.05, 4.69) is 21.2 Å². The summed E-state index contributed by atoms with van der Waals surface area (Å²) in [6.07, 6.45) is 0.779. The van der Waals surface area contributed by atoms with Crippen LogP contribution in [0.25, 0.3) is 0 Å². The molecule has 0 aromatic heterocycles. The molecule has 1 heterocycles. The Morgan fingerprint density at radius 1 is 1.14 bits per heavy atom. The maximum absolute atomic E-state index is 12.2. The lowest BCUT2D eigenvalue weighted by Crippen LogP contribution is -2.38. The number of urea groups is 1. The fourth-order valence-corrected chi connectivity index (χ4v) is 2.52. The topological polar surface area (TPSA) is 72.9 Å². The van der Waals surface area contributed by atoms with E-state index in [-0.39, 0.29) is 12.6 Å². The molecule has 1 saturated heterocycles. The predicted octanol–water partition coefficient (Wildman–Crippen LogP) is 2.07. The minimum Gasteiger partial charge on any atom is -0.480 e. The highest BCUT2D eigenvalue weighted by atomic mass is 79.9. The fourth-order valence-electron chi connectivity index (χ4n) is 2.26. The zero-order valence-electron chi connectivity index (χ0n) is 11.6. The molecule has 2 amide bonds. The number of nitrogens with zero attached hydrogens (tertiary/aromatic N) is 2. The molecule has 1 aliphatic heterocycles. The normalized spacial score (nSPS) is 16.3. The number of carboxylic acids is 1. The maximum Gasteiger partial charge on any atom is 0.321 e. The smallest absolute Gasteiger partial charge is 0.321 e. The van der Waals surface area contributed by atoms with Gasteiger partial charge in [0.15, 0.2) is 0 Å². The number of amides is 2. The average molecular weight is 356 g/mol. The van der Waals surface area contributed by atoms with Crippen molar-refractivity contribution in [3.63, 3.8) is 0 Å². The lowest BCUT2D eigenvalue weighted by Gasteiger charge is -2.21. The quantitative estimate of drug-likeness (QED) is 0.870. The van der Waals surface area contributed by atoms with Crippen LogP contribution < -0.4 is 5.32 Å². The van der Waals surface area contributed by atoms with Crippen molar-refractivity contribution in [3.05, 3.63) is 28.7 Å². The standard InChI is InChI=1S/C14H18BrN3O3/c15-11-2-4-12(5-3-11)16-14(21)18-7-1-6-17(8-9-18)10-13(19)20/h2-5H,1,6-10H2,(H,16,21)(H,19,20). The Balaban J connectivity index is 1.88. The summed E-state index contributed by atoms with van der Waals surface area (Å²) < 4.78 is 0.958. The van der Waals surface area contributed by atoms with E-state index in [4.69, 9.17) is 5.11 Å². The number of benzene rings is 1. The zero-order valence-corrected chi connectivity index (χ0v) is 13.2. The molecule has 0 bridgehead atoms. The van der Waals surface area contributed by atoms with Gasteiger partial charge in [-0.3, -0.25) is 9.69 Å². The van der Waals surface area contributed by atoms with E-state index in [9.17, 15) is 9.59 Å². The first-order chi connectivity index (χ1) is 10.0. The van der Waals surface area contributed by atoms with Crippen molar-refractivity contribution in [2.45, 2.75) is 6.42 Å². The number of carboxylic acid groups (broad SMARTS) is 1. The van der Waals surface area contributed by atoms with Crippen LogP contribution in [0.3, 0.4) is 0 Å². The SMILES string of the molecule is O=C(O)CN1CCCN(C(=O)Nc2ccc(Br)cc2)CC1. The summed E-state index contributed by atoms with van der Waals surface area (Å²) in [5.41, 5.74) is 0.745. The van der Waals surface area contributed by atoms with E-state index >= 15 is 0 Å². The van der Waals surface area contributed by atoms with Crippen LogP contribution in [0.5, 0.6) is 0 Å². The van der Waals surface area contributed by atoms with Crippen LogP contribution in [0.15, 0.2) is 28.7 Å². The molecule has 1 fully saturated rings. The number of hydrogen-bond acceptors (Lipinski definition) is 3. The molecule has 1 aromatic carbocycles. The van der Waals surface area contributed by atoms with Crippen LogP contribution in [0.4, 0.5) is 10.5 Å². The van der Waals surface area contributed by atoms with Gasteiger partial charge in [0.1, 0.15) is 0 Å². The Labute approximate surface area is 131 Å². The molecule has 1 aromatic rings. The second-order valence-corrected chi connectivity index (χ2v) is 5.86. The van der Waals surface area contributed by atoms with Crippen LogP contribution in [-0.2, 0) is 4.79 Å². The van der Waals surface area contributed by atoms with Gasteiger partial charge in [0, 0.05) is 36.3 Å². The number of rotatable bonds is 3. The number of carbonyl (C=O) groups excluding carboxylic acids is 1. The lowest BCUT2D eigenvalue weighted by molar-refractivity contribution is -0.138. The van der Waals surface area contributed by atoms with Crippen LogP contribution in [0.1, 0.15) is 6.42 Å². The minimum atomic E-state index is -0.831. The third-order valence-electron chi connectivity index (χ3n) is 3.33. The van der Waals surface area contributed by atoms with Gasteiger partial charge in [-0.15, -0.1) is 0 Å². The average Bonchev–Trinajstić information content (AvgIpc) is 2.66.